The zero-order valence-corrected chi connectivity index (χ0v) is 13.2. The van der Waals surface area contributed by atoms with Crippen LogP contribution in [0.15, 0.2) is 30.3 Å². The molecule has 100 valence electrons. The number of hydrogen-bond donors (Lipinski definition) is 0. The van der Waals surface area contributed by atoms with Gasteiger partial charge in [-0.1, -0.05) is 0 Å². The predicted octanol–water partition coefficient (Wildman–Crippen LogP) is 3.66. The van der Waals surface area contributed by atoms with Crippen molar-refractivity contribution in [3.63, 3.8) is 0 Å². The summed E-state index contributed by atoms with van der Waals surface area (Å²) in [5.74, 6) is -0.739. The number of aromatic nitrogens is 2. The second-order valence-electron chi connectivity index (χ2n) is 3.64. The summed E-state index contributed by atoms with van der Waals surface area (Å²) >= 11 is 2.17. The van der Waals surface area contributed by atoms with Crippen LogP contribution in [0.2, 0.25) is 0 Å². The molecule has 1 heterocycles. The van der Waals surface area contributed by atoms with Crippen LogP contribution in [0.4, 0.5) is 4.39 Å². The van der Waals surface area contributed by atoms with Crippen LogP contribution in [0.3, 0.4) is 0 Å². The lowest BCUT2D eigenvalue weighted by Gasteiger charge is -2.02. The van der Waals surface area contributed by atoms with Gasteiger partial charge in [0.1, 0.15) is 5.82 Å². The van der Waals surface area contributed by atoms with E-state index in [1.54, 1.807) is 29.6 Å². The molecule has 0 spiro atoms. The van der Waals surface area contributed by atoms with Crippen LogP contribution in [0.1, 0.15) is 17.4 Å². The van der Waals surface area contributed by atoms with E-state index in [0.29, 0.717) is 13.0 Å². The Kier molecular flexibility index (Phi) is 4.87. The van der Waals surface area contributed by atoms with E-state index in [0.717, 1.165) is 11.3 Å². The molecule has 0 saturated heterocycles. The van der Waals surface area contributed by atoms with Gasteiger partial charge in [0.25, 0.3) is 0 Å². The smallest absolute Gasteiger partial charge is 0.358 e. The van der Waals surface area contributed by atoms with Crippen LogP contribution in [0, 0.1) is 5.82 Å². The number of esters is 1. The van der Waals surface area contributed by atoms with E-state index in [2.05, 4.69) is 27.1 Å². The topological polar surface area (TPSA) is 44.1 Å². The summed E-state index contributed by atoms with van der Waals surface area (Å²) < 4.78 is 19.6. The molecule has 0 amide bonds. The molecule has 1 unspecified atom stereocenters. The van der Waals surface area contributed by atoms with Gasteiger partial charge in [0.2, 0.25) is 0 Å². The highest BCUT2D eigenvalue weighted by Crippen LogP contribution is 2.31. The summed E-state index contributed by atoms with van der Waals surface area (Å²) in [4.78, 5) is 11.7. The van der Waals surface area contributed by atoms with Gasteiger partial charge >= 0.3 is 5.97 Å². The van der Waals surface area contributed by atoms with Crippen molar-refractivity contribution in [3.8, 4) is 11.3 Å². The first-order chi connectivity index (χ1) is 9.15. The maximum Gasteiger partial charge on any atom is 0.358 e. The molecule has 0 N–H and O–H groups in total. The van der Waals surface area contributed by atoms with Crippen molar-refractivity contribution >= 4 is 34.4 Å². The monoisotopic (exact) mass is 392 g/mol. The minimum absolute atomic E-state index is 0.269. The van der Waals surface area contributed by atoms with E-state index in [-0.39, 0.29) is 11.5 Å². The Bertz CT molecular complexity index is 586. The van der Waals surface area contributed by atoms with Gasteiger partial charge in [0.05, 0.1) is 18.7 Å². The molecule has 1 atom stereocenters. The molecule has 0 radical (unpaired) electrons. The van der Waals surface area contributed by atoms with Crippen LogP contribution in [-0.4, -0.2) is 22.1 Å². The average Bonchev–Trinajstić information content (AvgIpc) is 2.84. The molecule has 19 heavy (non-hydrogen) atoms. The molecular formula is C12H11FIN2O2P. The third-order valence-electron chi connectivity index (χ3n) is 2.41. The van der Waals surface area contributed by atoms with Crippen molar-refractivity contribution in [2.24, 2.45) is 0 Å². The fourth-order valence-electron chi connectivity index (χ4n) is 1.58. The first kappa shape index (κ1) is 14.4. The number of halogens is 2. The number of nitrogens with zero attached hydrogens (tertiary/aromatic N) is 2. The second-order valence-corrected chi connectivity index (χ2v) is 5.68. The molecule has 1 aromatic heterocycles. The van der Waals surface area contributed by atoms with Crippen LogP contribution in [0.5, 0.6) is 0 Å². The van der Waals surface area contributed by atoms with Gasteiger partial charge in [0, 0.05) is 5.56 Å². The largest absolute Gasteiger partial charge is 0.461 e. The molecule has 0 fully saturated rings. The number of benzene rings is 1. The molecule has 0 saturated carbocycles. The molecule has 1 aromatic carbocycles. The summed E-state index contributed by atoms with van der Waals surface area (Å²) in [7, 11) is 0. The summed E-state index contributed by atoms with van der Waals surface area (Å²) in [6.07, 6.45) is 0.341. The highest BCUT2D eigenvalue weighted by Gasteiger charge is 2.16. The Balaban J connectivity index is 2.39. The minimum Gasteiger partial charge on any atom is -0.461 e. The van der Waals surface area contributed by atoms with Crippen molar-refractivity contribution in [1.82, 2.24) is 9.55 Å². The first-order valence-electron chi connectivity index (χ1n) is 5.55. The number of carbonyl (C=O) groups is 1. The molecule has 2 rings (SSSR count). The number of hydrogen-bond acceptors (Lipinski definition) is 3. The van der Waals surface area contributed by atoms with Gasteiger partial charge in [-0.15, -0.1) is 0 Å². The Morgan fingerprint density at radius 1 is 1.47 bits per heavy atom. The second kappa shape index (κ2) is 6.43. The van der Waals surface area contributed by atoms with E-state index >= 15 is 0 Å². The standard InChI is InChI=1S/C12H11FIN2O2P/c1-2-18-12(17)10-7-11(16(15-10)19-14)8-3-5-9(13)6-4-8/h3-7,19H,2H2,1H3. The quantitative estimate of drug-likeness (QED) is 0.453. The maximum atomic E-state index is 12.9. The normalized spacial score (nSPS) is 11.1. The highest BCUT2D eigenvalue weighted by molar-refractivity contribution is 14.2. The highest BCUT2D eigenvalue weighted by atomic mass is 127. The van der Waals surface area contributed by atoms with Crippen LogP contribution in [-0.2, 0) is 4.74 Å². The molecule has 0 aliphatic rings. The van der Waals surface area contributed by atoms with Crippen molar-refractivity contribution in [2.75, 3.05) is 6.61 Å². The fraction of sp³-hybridized carbons (Fsp3) is 0.167. The summed E-state index contributed by atoms with van der Waals surface area (Å²) in [5, 5.41) is 4.20. The Morgan fingerprint density at radius 2 is 2.16 bits per heavy atom. The SMILES string of the molecule is CCOC(=O)c1cc(-c2ccc(F)cc2)n(PI)n1. The molecule has 7 heteroatoms. The van der Waals surface area contributed by atoms with Crippen molar-refractivity contribution in [2.45, 2.75) is 6.92 Å². The van der Waals surface area contributed by atoms with Gasteiger partial charge in [-0.25, -0.2) is 13.6 Å². The van der Waals surface area contributed by atoms with E-state index < -0.39 is 5.97 Å². The molecule has 0 bridgehead atoms. The van der Waals surface area contributed by atoms with Crippen molar-refractivity contribution in [3.05, 3.63) is 41.8 Å². The predicted molar refractivity (Wildman–Crippen MR) is 81.3 cm³/mol. The minimum atomic E-state index is -0.445. The van der Waals surface area contributed by atoms with E-state index in [1.165, 1.54) is 12.1 Å². The van der Waals surface area contributed by atoms with Gasteiger partial charge in [0.15, 0.2) is 5.69 Å². The number of ether oxygens (including phenoxy) is 1. The zero-order chi connectivity index (χ0) is 13.8. The summed E-state index contributed by atoms with van der Waals surface area (Å²) in [5.41, 5.74) is 1.86. The van der Waals surface area contributed by atoms with Gasteiger partial charge in [-0.3, -0.25) is 0 Å². The summed E-state index contributed by atoms with van der Waals surface area (Å²) in [6, 6.07) is 7.75. The van der Waals surface area contributed by atoms with Crippen molar-refractivity contribution < 1.29 is 13.9 Å². The lowest BCUT2D eigenvalue weighted by molar-refractivity contribution is 0.0519. The molecule has 0 aliphatic heterocycles. The molecule has 4 nitrogen and oxygen atoms in total. The Hall–Kier alpha value is -1.01. The van der Waals surface area contributed by atoms with E-state index in [1.807, 2.05) is 0 Å². The average molecular weight is 392 g/mol. The lowest BCUT2D eigenvalue weighted by Crippen LogP contribution is -2.05. The van der Waals surface area contributed by atoms with Crippen molar-refractivity contribution in [1.29, 1.82) is 0 Å². The molecule has 2 aromatic rings. The van der Waals surface area contributed by atoms with Gasteiger partial charge in [-0.05, 0) is 59.3 Å². The third kappa shape index (κ3) is 3.30. The molecule has 0 aliphatic carbocycles. The van der Waals surface area contributed by atoms with Gasteiger partial charge in [-0.2, -0.15) is 5.10 Å². The summed E-state index contributed by atoms with van der Waals surface area (Å²) in [6.45, 7) is 2.06. The van der Waals surface area contributed by atoms with E-state index in [4.69, 9.17) is 4.74 Å². The van der Waals surface area contributed by atoms with E-state index in [9.17, 15) is 9.18 Å². The first-order valence-corrected chi connectivity index (χ1v) is 9.61. The zero-order valence-electron chi connectivity index (χ0n) is 10.1. The van der Waals surface area contributed by atoms with Gasteiger partial charge < -0.3 is 4.74 Å². The third-order valence-corrected chi connectivity index (χ3v) is 4.29. The number of carbonyl (C=O) groups excluding carboxylic acids is 1. The lowest BCUT2D eigenvalue weighted by atomic mass is 10.1. The van der Waals surface area contributed by atoms with Crippen LogP contribution < -0.4 is 0 Å². The van der Waals surface area contributed by atoms with Crippen LogP contribution in [0.25, 0.3) is 11.3 Å². The fourth-order valence-corrected chi connectivity index (χ4v) is 3.11. The number of rotatable bonds is 4. The van der Waals surface area contributed by atoms with Crippen LogP contribution >= 0.6 is 28.4 Å². The molecular weight excluding hydrogens is 381 g/mol. The maximum absolute atomic E-state index is 12.9. The Morgan fingerprint density at radius 3 is 2.74 bits per heavy atom. The Labute approximate surface area is 124 Å².